The molecule has 1 unspecified atom stereocenters. The highest BCUT2D eigenvalue weighted by atomic mass is 28.3. The van der Waals surface area contributed by atoms with Crippen molar-refractivity contribution in [3.05, 3.63) is 29.8 Å². The maximum Gasteiger partial charge on any atom is 0.205 e. The summed E-state index contributed by atoms with van der Waals surface area (Å²) in [5, 5.41) is 0. The van der Waals surface area contributed by atoms with Crippen molar-refractivity contribution in [2.75, 3.05) is 18.0 Å². The predicted octanol–water partition coefficient (Wildman–Crippen LogP) is 4.64. The minimum atomic E-state index is -0.708. The first-order valence-electron chi connectivity index (χ1n) is 7.69. The molecule has 0 N–H and O–H groups in total. The van der Waals surface area contributed by atoms with E-state index in [-0.39, 0.29) is 11.5 Å². The molecule has 20 heavy (non-hydrogen) atoms. The quantitative estimate of drug-likeness (QED) is 0.749. The zero-order valence-electron chi connectivity index (χ0n) is 13.6. The number of nitrogens with zero attached hydrogens (tertiary/aromatic N) is 1. The van der Waals surface area contributed by atoms with Crippen molar-refractivity contribution in [3.63, 3.8) is 0 Å². The molecule has 1 radical (unpaired) electrons. The van der Waals surface area contributed by atoms with E-state index in [0.717, 1.165) is 0 Å². The van der Waals surface area contributed by atoms with Crippen LogP contribution in [0.5, 0.6) is 0 Å². The molecule has 0 spiro atoms. The molecule has 1 atom stereocenters. The van der Waals surface area contributed by atoms with Crippen LogP contribution < -0.4 is 4.90 Å². The molecule has 1 aliphatic rings. The molecule has 1 heterocycles. The Bertz CT molecular complexity index is 433. The molecule has 1 saturated heterocycles. The highest BCUT2D eigenvalue weighted by molar-refractivity contribution is 6.48. The summed E-state index contributed by atoms with van der Waals surface area (Å²) >= 11 is 0. The topological polar surface area (TPSA) is 12.5 Å². The molecule has 0 aromatic heterocycles. The molecule has 0 saturated carbocycles. The van der Waals surface area contributed by atoms with Gasteiger partial charge in [-0.15, -0.1) is 0 Å². The zero-order valence-corrected chi connectivity index (χ0v) is 14.6. The second kappa shape index (κ2) is 6.31. The first-order chi connectivity index (χ1) is 9.38. The summed E-state index contributed by atoms with van der Waals surface area (Å²) in [6.07, 6.45) is 2.83. The van der Waals surface area contributed by atoms with Crippen LogP contribution in [-0.4, -0.2) is 22.1 Å². The largest absolute Gasteiger partial charge is 0.410 e. The summed E-state index contributed by atoms with van der Waals surface area (Å²) in [5.41, 5.74) is 2.82. The van der Waals surface area contributed by atoms with Crippen molar-refractivity contribution < 1.29 is 4.43 Å². The van der Waals surface area contributed by atoms with Crippen LogP contribution in [0.1, 0.15) is 45.3 Å². The molecule has 0 amide bonds. The van der Waals surface area contributed by atoms with Crippen LogP contribution in [0.4, 0.5) is 5.69 Å². The van der Waals surface area contributed by atoms with Gasteiger partial charge in [0.1, 0.15) is 0 Å². The molecule has 2 nitrogen and oxygen atoms in total. The van der Waals surface area contributed by atoms with Gasteiger partial charge < -0.3 is 9.33 Å². The first kappa shape index (κ1) is 15.6. The molecule has 1 fully saturated rings. The summed E-state index contributed by atoms with van der Waals surface area (Å²) in [7, 11) is -0.708. The van der Waals surface area contributed by atoms with Crippen molar-refractivity contribution in [2.45, 2.75) is 52.8 Å². The zero-order chi connectivity index (χ0) is 14.8. The molecular formula is C17H28NOSi. The minimum Gasteiger partial charge on any atom is -0.410 e. The molecule has 0 aliphatic carbocycles. The molecular weight excluding hydrogens is 262 g/mol. The van der Waals surface area contributed by atoms with Crippen LogP contribution in [-0.2, 0) is 4.43 Å². The summed E-state index contributed by atoms with van der Waals surface area (Å²) in [4.78, 5) is 2.49. The van der Waals surface area contributed by atoms with Crippen LogP contribution in [0, 0.1) is 5.41 Å². The van der Waals surface area contributed by atoms with Gasteiger partial charge in [0.05, 0.1) is 6.10 Å². The number of anilines is 1. The summed E-state index contributed by atoms with van der Waals surface area (Å²) in [5.74, 6) is 0. The molecule has 1 aliphatic heterocycles. The van der Waals surface area contributed by atoms with Gasteiger partial charge in [0.2, 0.25) is 9.04 Å². The van der Waals surface area contributed by atoms with E-state index in [0.29, 0.717) is 0 Å². The van der Waals surface area contributed by atoms with Gasteiger partial charge >= 0.3 is 0 Å². The van der Waals surface area contributed by atoms with Gasteiger partial charge in [-0.05, 0) is 49.0 Å². The van der Waals surface area contributed by atoms with Crippen LogP contribution in [0.3, 0.4) is 0 Å². The smallest absolute Gasteiger partial charge is 0.205 e. The Labute approximate surface area is 125 Å². The van der Waals surface area contributed by atoms with Gasteiger partial charge in [-0.25, -0.2) is 0 Å². The Balaban J connectivity index is 2.26. The van der Waals surface area contributed by atoms with Crippen LogP contribution in [0.2, 0.25) is 13.1 Å². The third kappa shape index (κ3) is 3.86. The Morgan fingerprint density at radius 2 is 1.80 bits per heavy atom. The molecule has 0 bridgehead atoms. The van der Waals surface area contributed by atoms with E-state index in [1.165, 1.54) is 37.2 Å². The monoisotopic (exact) mass is 290 g/mol. The molecule has 1 aromatic rings. The van der Waals surface area contributed by atoms with Crippen molar-refractivity contribution in [1.29, 1.82) is 0 Å². The number of hydrogen-bond donors (Lipinski definition) is 0. The SMILES string of the molecule is C[Si](C)OC(c1cccc(N2CCCC2)c1)C(C)(C)C. The minimum absolute atomic E-state index is 0.131. The molecule has 2 rings (SSSR count). The van der Waals surface area contributed by atoms with Gasteiger partial charge in [-0.3, -0.25) is 0 Å². The second-order valence-electron chi connectivity index (χ2n) is 7.06. The Kier molecular flexibility index (Phi) is 4.92. The van der Waals surface area contributed by atoms with Gasteiger partial charge in [0.25, 0.3) is 0 Å². The highest BCUT2D eigenvalue weighted by Crippen LogP contribution is 2.38. The van der Waals surface area contributed by atoms with Crippen molar-refractivity contribution in [2.24, 2.45) is 5.41 Å². The van der Waals surface area contributed by atoms with E-state index < -0.39 is 9.04 Å². The number of rotatable bonds is 4. The van der Waals surface area contributed by atoms with E-state index >= 15 is 0 Å². The van der Waals surface area contributed by atoms with Crippen molar-refractivity contribution in [1.82, 2.24) is 0 Å². The van der Waals surface area contributed by atoms with Crippen LogP contribution >= 0.6 is 0 Å². The lowest BCUT2D eigenvalue weighted by Crippen LogP contribution is -2.26. The van der Waals surface area contributed by atoms with Crippen molar-refractivity contribution in [3.8, 4) is 0 Å². The van der Waals surface area contributed by atoms with Crippen LogP contribution in [0.15, 0.2) is 24.3 Å². The van der Waals surface area contributed by atoms with E-state index in [4.69, 9.17) is 4.43 Å². The third-order valence-corrected chi connectivity index (χ3v) is 4.49. The molecule has 3 heteroatoms. The van der Waals surface area contributed by atoms with E-state index in [9.17, 15) is 0 Å². The Morgan fingerprint density at radius 1 is 1.15 bits per heavy atom. The summed E-state index contributed by atoms with van der Waals surface area (Å²) in [6, 6.07) is 8.98. The first-order valence-corrected chi connectivity index (χ1v) is 10.1. The maximum atomic E-state index is 6.30. The van der Waals surface area contributed by atoms with Crippen molar-refractivity contribution >= 4 is 14.7 Å². The fourth-order valence-corrected chi connectivity index (χ4v) is 3.80. The van der Waals surface area contributed by atoms with E-state index in [2.05, 4.69) is 63.0 Å². The summed E-state index contributed by atoms with van der Waals surface area (Å²) in [6.45, 7) is 13.6. The van der Waals surface area contributed by atoms with E-state index in [1.54, 1.807) is 0 Å². The standard InChI is InChI=1S/C17H28NOSi/c1-17(2,3)16(19-20(4)5)14-9-8-10-15(13-14)18-11-6-7-12-18/h8-10,13,16H,6-7,11-12H2,1-5H3. The van der Waals surface area contributed by atoms with Gasteiger partial charge in [0, 0.05) is 18.8 Å². The van der Waals surface area contributed by atoms with E-state index in [1.807, 2.05) is 0 Å². The normalized spacial score (nSPS) is 17.8. The Morgan fingerprint density at radius 3 is 2.35 bits per heavy atom. The number of hydrogen-bond acceptors (Lipinski definition) is 2. The lowest BCUT2D eigenvalue weighted by molar-refractivity contribution is 0.0866. The number of benzene rings is 1. The van der Waals surface area contributed by atoms with Gasteiger partial charge in [-0.2, -0.15) is 0 Å². The maximum absolute atomic E-state index is 6.30. The average Bonchev–Trinajstić information content (AvgIpc) is 2.88. The molecule has 111 valence electrons. The highest BCUT2D eigenvalue weighted by Gasteiger charge is 2.28. The second-order valence-corrected chi connectivity index (χ2v) is 9.11. The Hall–Kier alpha value is -0.803. The predicted molar refractivity (Wildman–Crippen MR) is 88.7 cm³/mol. The van der Waals surface area contributed by atoms with Gasteiger partial charge in [0.15, 0.2) is 0 Å². The van der Waals surface area contributed by atoms with Crippen LogP contribution in [0.25, 0.3) is 0 Å². The lowest BCUT2D eigenvalue weighted by atomic mass is 9.84. The third-order valence-electron chi connectivity index (χ3n) is 3.78. The average molecular weight is 291 g/mol. The fourth-order valence-electron chi connectivity index (χ4n) is 2.84. The van der Waals surface area contributed by atoms with Gasteiger partial charge in [-0.1, -0.05) is 32.9 Å². The fraction of sp³-hybridized carbons (Fsp3) is 0.647. The molecule has 1 aromatic carbocycles. The summed E-state index contributed by atoms with van der Waals surface area (Å²) < 4.78 is 6.30. The lowest BCUT2D eigenvalue weighted by Gasteiger charge is -2.33.